The molecule has 3 nitrogen and oxygen atoms in total. The molecule has 16 heavy (non-hydrogen) atoms. The number of aromatic nitrogens is 2. The summed E-state index contributed by atoms with van der Waals surface area (Å²) in [5, 5.41) is 15.9. The molecule has 1 aromatic heterocycles. The number of hydrogen-bond acceptors (Lipinski definition) is 2. The molecule has 0 aliphatic rings. The van der Waals surface area contributed by atoms with E-state index in [1.54, 1.807) is 0 Å². The van der Waals surface area contributed by atoms with Crippen molar-refractivity contribution in [1.82, 2.24) is 10.2 Å². The second-order valence-corrected chi connectivity index (χ2v) is 4.21. The third-order valence-electron chi connectivity index (χ3n) is 2.67. The maximum Gasteiger partial charge on any atom is 0.0924 e. The molecule has 0 saturated carbocycles. The molecule has 1 aromatic carbocycles. The van der Waals surface area contributed by atoms with Crippen molar-refractivity contribution < 1.29 is 5.11 Å². The third-order valence-corrected chi connectivity index (χ3v) is 2.67. The predicted molar refractivity (Wildman–Crippen MR) is 64.0 cm³/mol. The van der Waals surface area contributed by atoms with E-state index in [0.717, 1.165) is 17.0 Å². The lowest BCUT2D eigenvalue weighted by Gasteiger charge is -2.05. The zero-order valence-corrected chi connectivity index (χ0v) is 9.57. The van der Waals surface area contributed by atoms with Gasteiger partial charge in [0.15, 0.2) is 0 Å². The van der Waals surface area contributed by atoms with Crippen LogP contribution in [0.1, 0.15) is 31.0 Å². The molecule has 0 bridgehead atoms. The molecule has 0 unspecified atom stereocenters. The normalized spacial score (nSPS) is 11.0. The summed E-state index contributed by atoms with van der Waals surface area (Å²) in [5.74, 6) is 0.543. The molecule has 0 saturated heterocycles. The predicted octanol–water partition coefficient (Wildman–Crippen LogP) is 2.69. The molecular weight excluding hydrogens is 200 g/mol. The number of rotatable bonds is 3. The summed E-state index contributed by atoms with van der Waals surface area (Å²) in [4.78, 5) is 0. The van der Waals surface area contributed by atoms with E-state index in [1.165, 1.54) is 5.56 Å². The summed E-state index contributed by atoms with van der Waals surface area (Å²) >= 11 is 0. The highest BCUT2D eigenvalue weighted by atomic mass is 16.3. The van der Waals surface area contributed by atoms with Crippen LogP contribution in [-0.4, -0.2) is 15.3 Å². The highest BCUT2D eigenvalue weighted by molar-refractivity contribution is 5.59. The standard InChI is InChI=1S/C13H16N2O/c1-9(2)10-3-5-11(6-4-10)13-7-12(8-16)14-15-13/h3-7,9,16H,8H2,1-2H3,(H,14,15). The Morgan fingerprint density at radius 3 is 2.44 bits per heavy atom. The van der Waals surface area contributed by atoms with Crippen LogP contribution in [0.5, 0.6) is 0 Å². The molecule has 2 rings (SSSR count). The van der Waals surface area contributed by atoms with Crippen LogP contribution in [0, 0.1) is 0 Å². The van der Waals surface area contributed by atoms with Crippen LogP contribution in [0.15, 0.2) is 30.3 Å². The fourth-order valence-electron chi connectivity index (χ4n) is 1.63. The third kappa shape index (κ3) is 2.14. The zero-order chi connectivity index (χ0) is 11.5. The van der Waals surface area contributed by atoms with Crippen LogP contribution in [0.25, 0.3) is 11.3 Å². The summed E-state index contributed by atoms with van der Waals surface area (Å²) in [7, 11) is 0. The Balaban J connectivity index is 2.27. The first-order valence-corrected chi connectivity index (χ1v) is 5.46. The van der Waals surface area contributed by atoms with Gasteiger partial charge in [0, 0.05) is 5.56 Å². The molecule has 84 valence electrons. The maximum atomic E-state index is 8.94. The first-order chi connectivity index (χ1) is 7.70. The molecular formula is C13H16N2O. The summed E-state index contributed by atoms with van der Waals surface area (Å²) in [5.41, 5.74) is 4.00. The van der Waals surface area contributed by atoms with Gasteiger partial charge in [0.1, 0.15) is 0 Å². The van der Waals surface area contributed by atoms with Crippen LogP contribution < -0.4 is 0 Å². The van der Waals surface area contributed by atoms with Gasteiger partial charge in [-0.1, -0.05) is 38.1 Å². The van der Waals surface area contributed by atoms with E-state index in [9.17, 15) is 0 Å². The topological polar surface area (TPSA) is 48.9 Å². The Morgan fingerprint density at radius 2 is 1.94 bits per heavy atom. The van der Waals surface area contributed by atoms with Crippen molar-refractivity contribution in [3.05, 3.63) is 41.6 Å². The summed E-state index contributed by atoms with van der Waals surface area (Å²) in [6.45, 7) is 4.35. The molecule has 0 fully saturated rings. The Hall–Kier alpha value is -1.61. The molecule has 2 N–H and O–H groups in total. The van der Waals surface area contributed by atoms with Crippen molar-refractivity contribution in [3.8, 4) is 11.3 Å². The van der Waals surface area contributed by atoms with Gasteiger partial charge in [-0.3, -0.25) is 5.10 Å². The van der Waals surface area contributed by atoms with E-state index in [4.69, 9.17) is 5.11 Å². The number of hydrogen-bond donors (Lipinski definition) is 2. The van der Waals surface area contributed by atoms with Crippen LogP contribution in [0.2, 0.25) is 0 Å². The smallest absolute Gasteiger partial charge is 0.0924 e. The molecule has 0 radical (unpaired) electrons. The summed E-state index contributed by atoms with van der Waals surface area (Å²) < 4.78 is 0. The minimum Gasteiger partial charge on any atom is -0.390 e. The monoisotopic (exact) mass is 216 g/mol. The summed E-state index contributed by atoms with van der Waals surface area (Å²) in [6.07, 6.45) is 0. The zero-order valence-electron chi connectivity index (χ0n) is 9.57. The molecule has 0 aliphatic carbocycles. The van der Waals surface area contributed by atoms with E-state index in [1.807, 2.05) is 6.07 Å². The average Bonchev–Trinajstić information content (AvgIpc) is 2.77. The fraction of sp³-hybridized carbons (Fsp3) is 0.308. The minimum atomic E-state index is -0.00290. The SMILES string of the molecule is CC(C)c1ccc(-c2cc(CO)[nH]n2)cc1. The highest BCUT2D eigenvalue weighted by Gasteiger charge is 2.04. The van der Waals surface area contributed by atoms with E-state index in [2.05, 4.69) is 48.3 Å². The number of nitrogens with one attached hydrogen (secondary N) is 1. The van der Waals surface area contributed by atoms with Crippen LogP contribution in [0.3, 0.4) is 0 Å². The second kappa shape index (κ2) is 4.49. The number of benzene rings is 1. The summed E-state index contributed by atoms with van der Waals surface area (Å²) in [6, 6.07) is 10.2. The molecule has 0 spiro atoms. The molecule has 0 aliphatic heterocycles. The first kappa shape index (κ1) is 10.9. The lowest BCUT2D eigenvalue weighted by molar-refractivity contribution is 0.276. The van der Waals surface area contributed by atoms with Gasteiger partial charge in [-0.2, -0.15) is 5.10 Å². The quantitative estimate of drug-likeness (QED) is 0.828. The molecule has 3 heteroatoms. The Labute approximate surface area is 95.1 Å². The van der Waals surface area contributed by atoms with Crippen molar-refractivity contribution in [2.45, 2.75) is 26.4 Å². The van der Waals surface area contributed by atoms with E-state index in [-0.39, 0.29) is 6.61 Å². The molecule has 0 amide bonds. The van der Waals surface area contributed by atoms with Gasteiger partial charge >= 0.3 is 0 Å². The number of nitrogens with zero attached hydrogens (tertiary/aromatic N) is 1. The molecule has 2 aromatic rings. The van der Waals surface area contributed by atoms with Gasteiger partial charge < -0.3 is 5.11 Å². The molecule has 0 atom stereocenters. The van der Waals surface area contributed by atoms with Gasteiger partial charge in [-0.25, -0.2) is 0 Å². The Bertz CT molecular complexity index is 457. The second-order valence-electron chi connectivity index (χ2n) is 4.21. The Morgan fingerprint density at radius 1 is 1.25 bits per heavy atom. The first-order valence-electron chi connectivity index (χ1n) is 5.46. The van der Waals surface area contributed by atoms with Crippen molar-refractivity contribution in [2.24, 2.45) is 0 Å². The maximum absolute atomic E-state index is 8.94. The van der Waals surface area contributed by atoms with E-state index in [0.29, 0.717) is 5.92 Å². The van der Waals surface area contributed by atoms with Crippen LogP contribution in [-0.2, 0) is 6.61 Å². The lowest BCUT2D eigenvalue weighted by Crippen LogP contribution is -1.86. The van der Waals surface area contributed by atoms with Crippen molar-refractivity contribution in [1.29, 1.82) is 0 Å². The Kier molecular flexibility index (Phi) is 3.06. The van der Waals surface area contributed by atoms with Gasteiger partial charge in [-0.05, 0) is 17.5 Å². The van der Waals surface area contributed by atoms with Crippen molar-refractivity contribution in [2.75, 3.05) is 0 Å². The van der Waals surface area contributed by atoms with Gasteiger partial charge in [0.25, 0.3) is 0 Å². The van der Waals surface area contributed by atoms with Gasteiger partial charge in [0.05, 0.1) is 18.0 Å². The van der Waals surface area contributed by atoms with Gasteiger partial charge in [0.2, 0.25) is 0 Å². The highest BCUT2D eigenvalue weighted by Crippen LogP contribution is 2.21. The number of aliphatic hydroxyl groups excluding tert-OH is 1. The van der Waals surface area contributed by atoms with E-state index >= 15 is 0 Å². The largest absolute Gasteiger partial charge is 0.390 e. The number of aliphatic hydroxyl groups is 1. The van der Waals surface area contributed by atoms with E-state index < -0.39 is 0 Å². The van der Waals surface area contributed by atoms with Gasteiger partial charge in [-0.15, -0.1) is 0 Å². The minimum absolute atomic E-state index is 0.00290. The lowest BCUT2D eigenvalue weighted by atomic mass is 10.0. The number of aromatic amines is 1. The van der Waals surface area contributed by atoms with Crippen molar-refractivity contribution in [3.63, 3.8) is 0 Å². The fourth-order valence-corrected chi connectivity index (χ4v) is 1.63. The van der Waals surface area contributed by atoms with Crippen LogP contribution in [0.4, 0.5) is 0 Å². The number of H-pyrrole nitrogens is 1. The molecule has 1 heterocycles. The average molecular weight is 216 g/mol. The van der Waals surface area contributed by atoms with Crippen LogP contribution >= 0.6 is 0 Å². The van der Waals surface area contributed by atoms with Crippen molar-refractivity contribution >= 4 is 0 Å².